The molecular formula is C12H16F2N2O. The second-order valence-corrected chi connectivity index (χ2v) is 4.66. The molecule has 1 aromatic carbocycles. The van der Waals surface area contributed by atoms with Gasteiger partial charge in [0.15, 0.2) is 0 Å². The van der Waals surface area contributed by atoms with E-state index in [9.17, 15) is 8.78 Å². The summed E-state index contributed by atoms with van der Waals surface area (Å²) in [6.45, 7) is 0.617. The Labute approximate surface area is 98.6 Å². The number of nitrogens with two attached hydrogens (primary N) is 1. The first-order valence-corrected chi connectivity index (χ1v) is 5.59. The molecule has 1 aliphatic carbocycles. The highest BCUT2D eigenvalue weighted by atomic mass is 19.3. The van der Waals surface area contributed by atoms with Crippen LogP contribution in [-0.2, 0) is 0 Å². The van der Waals surface area contributed by atoms with Crippen molar-refractivity contribution in [3.63, 3.8) is 0 Å². The van der Waals surface area contributed by atoms with Gasteiger partial charge in [0.25, 0.3) is 6.43 Å². The number of alkyl halides is 2. The topological polar surface area (TPSA) is 58.3 Å². The van der Waals surface area contributed by atoms with Gasteiger partial charge in [-0.3, -0.25) is 0 Å². The Morgan fingerprint density at radius 1 is 1.41 bits per heavy atom. The van der Waals surface area contributed by atoms with E-state index < -0.39 is 6.43 Å². The SMILES string of the molecule is Nc1ccc(NCC2(CO)CC2)c(C(F)F)c1. The first-order chi connectivity index (χ1) is 8.06. The summed E-state index contributed by atoms with van der Waals surface area (Å²) in [6, 6.07) is 4.43. The van der Waals surface area contributed by atoms with Crippen LogP contribution in [0.2, 0.25) is 0 Å². The van der Waals surface area contributed by atoms with E-state index in [2.05, 4.69) is 5.32 Å². The van der Waals surface area contributed by atoms with Gasteiger partial charge < -0.3 is 16.2 Å². The summed E-state index contributed by atoms with van der Waals surface area (Å²) in [6.07, 6.45) is -0.671. The minimum absolute atomic E-state index is 0.0845. The van der Waals surface area contributed by atoms with Gasteiger partial charge in [-0.05, 0) is 31.0 Å². The molecule has 0 saturated heterocycles. The van der Waals surface area contributed by atoms with Gasteiger partial charge in [-0.25, -0.2) is 8.78 Å². The van der Waals surface area contributed by atoms with Crippen LogP contribution in [0.15, 0.2) is 18.2 Å². The molecule has 0 amide bonds. The molecule has 94 valence electrons. The highest BCUT2D eigenvalue weighted by Gasteiger charge is 2.41. The molecule has 5 heteroatoms. The standard InChI is InChI=1S/C12H16F2N2O/c13-11(14)9-5-8(15)1-2-10(9)16-6-12(7-17)3-4-12/h1-2,5,11,16-17H,3-4,6-7,15H2. The fourth-order valence-electron chi connectivity index (χ4n) is 1.77. The molecule has 1 aliphatic rings. The molecule has 0 radical (unpaired) electrons. The van der Waals surface area contributed by atoms with Crippen molar-refractivity contribution in [2.24, 2.45) is 5.41 Å². The number of rotatable bonds is 5. The van der Waals surface area contributed by atoms with Crippen molar-refractivity contribution in [2.45, 2.75) is 19.3 Å². The van der Waals surface area contributed by atoms with Crippen LogP contribution in [0.25, 0.3) is 0 Å². The fourth-order valence-corrected chi connectivity index (χ4v) is 1.77. The average Bonchev–Trinajstić information content (AvgIpc) is 3.08. The van der Waals surface area contributed by atoms with Gasteiger partial charge in [0.05, 0.1) is 6.61 Å². The van der Waals surface area contributed by atoms with Gasteiger partial charge in [0.2, 0.25) is 0 Å². The minimum Gasteiger partial charge on any atom is -0.399 e. The third-order valence-electron chi connectivity index (χ3n) is 3.26. The van der Waals surface area contributed by atoms with E-state index in [1.165, 1.54) is 6.07 Å². The number of anilines is 2. The number of benzene rings is 1. The summed E-state index contributed by atoms with van der Waals surface area (Å²) in [5, 5.41) is 12.1. The Kier molecular flexibility index (Phi) is 3.19. The van der Waals surface area contributed by atoms with E-state index in [1.807, 2.05) is 0 Å². The molecule has 0 bridgehead atoms. The van der Waals surface area contributed by atoms with Crippen LogP contribution in [0, 0.1) is 5.41 Å². The van der Waals surface area contributed by atoms with Gasteiger partial charge in [-0.2, -0.15) is 0 Å². The average molecular weight is 242 g/mol. The van der Waals surface area contributed by atoms with E-state index in [1.54, 1.807) is 12.1 Å². The molecule has 0 aliphatic heterocycles. The van der Waals surface area contributed by atoms with Gasteiger partial charge in [-0.1, -0.05) is 0 Å². The predicted molar refractivity (Wildman–Crippen MR) is 63.1 cm³/mol. The van der Waals surface area contributed by atoms with E-state index in [0.29, 0.717) is 17.9 Å². The number of hydrogen-bond donors (Lipinski definition) is 3. The molecule has 1 aromatic rings. The normalized spacial score (nSPS) is 17.2. The Balaban J connectivity index is 2.09. The summed E-state index contributed by atoms with van der Waals surface area (Å²) >= 11 is 0. The summed E-state index contributed by atoms with van der Waals surface area (Å²) in [5.41, 5.74) is 6.01. The third kappa shape index (κ3) is 2.66. The first-order valence-electron chi connectivity index (χ1n) is 5.59. The second kappa shape index (κ2) is 4.49. The molecule has 0 unspecified atom stereocenters. The van der Waals surface area contributed by atoms with Crippen LogP contribution < -0.4 is 11.1 Å². The Morgan fingerprint density at radius 3 is 2.65 bits per heavy atom. The Morgan fingerprint density at radius 2 is 2.12 bits per heavy atom. The van der Waals surface area contributed by atoms with Crippen molar-refractivity contribution in [1.29, 1.82) is 0 Å². The maximum absolute atomic E-state index is 12.8. The highest BCUT2D eigenvalue weighted by molar-refractivity contribution is 5.58. The van der Waals surface area contributed by atoms with Crippen molar-refractivity contribution in [1.82, 2.24) is 0 Å². The maximum atomic E-state index is 12.8. The summed E-state index contributed by atoms with van der Waals surface area (Å²) in [4.78, 5) is 0. The molecule has 0 atom stereocenters. The first kappa shape index (κ1) is 12.1. The van der Waals surface area contributed by atoms with Crippen molar-refractivity contribution in [3.8, 4) is 0 Å². The third-order valence-corrected chi connectivity index (χ3v) is 3.26. The van der Waals surface area contributed by atoms with Gasteiger partial charge in [0.1, 0.15) is 0 Å². The van der Waals surface area contributed by atoms with Gasteiger partial charge >= 0.3 is 0 Å². The van der Waals surface area contributed by atoms with Crippen LogP contribution in [0.3, 0.4) is 0 Å². The van der Waals surface area contributed by atoms with Crippen molar-refractivity contribution in [3.05, 3.63) is 23.8 Å². The predicted octanol–water partition coefficient (Wildman–Crippen LogP) is 2.39. The van der Waals surface area contributed by atoms with Crippen molar-refractivity contribution < 1.29 is 13.9 Å². The monoisotopic (exact) mass is 242 g/mol. The lowest BCUT2D eigenvalue weighted by atomic mass is 10.1. The maximum Gasteiger partial charge on any atom is 0.265 e. The van der Waals surface area contributed by atoms with E-state index in [0.717, 1.165) is 12.8 Å². The van der Waals surface area contributed by atoms with Gasteiger partial charge in [-0.15, -0.1) is 0 Å². The lowest BCUT2D eigenvalue weighted by molar-refractivity contribution is 0.152. The smallest absolute Gasteiger partial charge is 0.265 e. The summed E-state index contributed by atoms with van der Waals surface area (Å²) in [5.74, 6) is 0. The molecule has 0 aromatic heterocycles. The zero-order chi connectivity index (χ0) is 12.5. The zero-order valence-electron chi connectivity index (χ0n) is 9.42. The molecule has 2 rings (SSSR count). The van der Waals surface area contributed by atoms with Crippen molar-refractivity contribution >= 4 is 11.4 Å². The molecule has 17 heavy (non-hydrogen) atoms. The van der Waals surface area contributed by atoms with Crippen molar-refractivity contribution in [2.75, 3.05) is 24.2 Å². The molecule has 3 nitrogen and oxygen atoms in total. The quantitative estimate of drug-likeness (QED) is 0.695. The lowest BCUT2D eigenvalue weighted by Crippen LogP contribution is -2.19. The molecule has 0 heterocycles. The molecule has 1 saturated carbocycles. The van der Waals surface area contributed by atoms with E-state index in [-0.39, 0.29) is 17.6 Å². The van der Waals surface area contributed by atoms with E-state index in [4.69, 9.17) is 10.8 Å². The minimum atomic E-state index is -2.55. The Hall–Kier alpha value is -1.36. The lowest BCUT2D eigenvalue weighted by Gasteiger charge is -2.16. The number of aliphatic hydroxyl groups excluding tert-OH is 1. The van der Waals surface area contributed by atoms with Crippen LogP contribution in [-0.4, -0.2) is 18.3 Å². The number of halogens is 2. The second-order valence-electron chi connectivity index (χ2n) is 4.66. The zero-order valence-corrected chi connectivity index (χ0v) is 9.42. The fraction of sp³-hybridized carbons (Fsp3) is 0.500. The molecular weight excluding hydrogens is 226 g/mol. The Bertz CT molecular complexity index is 405. The van der Waals surface area contributed by atoms with Crippen LogP contribution in [0.1, 0.15) is 24.8 Å². The summed E-state index contributed by atoms with van der Waals surface area (Å²) < 4.78 is 25.6. The van der Waals surface area contributed by atoms with Crippen LogP contribution >= 0.6 is 0 Å². The molecule has 4 N–H and O–H groups in total. The summed E-state index contributed by atoms with van der Waals surface area (Å²) in [7, 11) is 0. The molecule has 1 fully saturated rings. The van der Waals surface area contributed by atoms with Gasteiger partial charge in [0, 0.05) is 28.9 Å². The largest absolute Gasteiger partial charge is 0.399 e. The number of aliphatic hydroxyl groups is 1. The van der Waals surface area contributed by atoms with Crippen LogP contribution in [0.4, 0.5) is 20.2 Å². The number of hydrogen-bond acceptors (Lipinski definition) is 3. The number of nitrogen functional groups attached to an aromatic ring is 1. The van der Waals surface area contributed by atoms with Crippen LogP contribution in [0.5, 0.6) is 0 Å². The molecule has 0 spiro atoms. The van der Waals surface area contributed by atoms with E-state index >= 15 is 0 Å². The highest BCUT2D eigenvalue weighted by Crippen LogP contribution is 2.45. The number of nitrogens with one attached hydrogen (secondary N) is 1.